The summed E-state index contributed by atoms with van der Waals surface area (Å²) in [5.41, 5.74) is 0.602. The molecule has 138 valence electrons. The van der Waals surface area contributed by atoms with Gasteiger partial charge in [0, 0.05) is 45.2 Å². The van der Waals surface area contributed by atoms with E-state index in [1.807, 2.05) is 24.1 Å². The van der Waals surface area contributed by atoms with Gasteiger partial charge in [0.15, 0.2) is 0 Å². The molecule has 0 aliphatic carbocycles. The van der Waals surface area contributed by atoms with Crippen LogP contribution in [0, 0.1) is 11.8 Å². The Kier molecular flexibility index (Phi) is 6.97. The maximum atomic E-state index is 12.8. The zero-order valence-corrected chi connectivity index (χ0v) is 16.0. The topological polar surface area (TPSA) is 53.5 Å². The first-order chi connectivity index (χ1) is 11.9. The number of aromatic nitrogens is 1. The summed E-state index contributed by atoms with van der Waals surface area (Å²) < 4.78 is 0. The molecular formula is C20H31N3O2. The quantitative estimate of drug-likeness (QED) is 0.760. The van der Waals surface area contributed by atoms with E-state index in [0.29, 0.717) is 30.2 Å². The van der Waals surface area contributed by atoms with Crippen LogP contribution in [0.25, 0.3) is 0 Å². The number of hydrogen-bond donors (Lipinski definition) is 0. The average Bonchev–Trinajstić information content (AvgIpc) is 2.61. The highest BCUT2D eigenvalue weighted by atomic mass is 16.2. The van der Waals surface area contributed by atoms with E-state index in [9.17, 15) is 9.59 Å². The lowest BCUT2D eigenvalue weighted by Crippen LogP contribution is -2.42. The Hall–Kier alpha value is -1.91. The molecule has 0 N–H and O–H groups in total. The van der Waals surface area contributed by atoms with Crippen molar-refractivity contribution in [2.45, 2.75) is 46.5 Å². The maximum absolute atomic E-state index is 12.8. The van der Waals surface area contributed by atoms with Crippen molar-refractivity contribution in [2.24, 2.45) is 11.8 Å². The van der Waals surface area contributed by atoms with Crippen LogP contribution >= 0.6 is 0 Å². The van der Waals surface area contributed by atoms with Gasteiger partial charge in [0.25, 0.3) is 5.91 Å². The van der Waals surface area contributed by atoms with Gasteiger partial charge >= 0.3 is 0 Å². The minimum absolute atomic E-state index is 0.0111. The summed E-state index contributed by atoms with van der Waals surface area (Å²) in [4.78, 5) is 33.4. The van der Waals surface area contributed by atoms with Gasteiger partial charge < -0.3 is 9.80 Å². The maximum Gasteiger partial charge on any atom is 0.255 e. The van der Waals surface area contributed by atoms with Gasteiger partial charge in [0.05, 0.1) is 5.56 Å². The fourth-order valence-corrected chi connectivity index (χ4v) is 3.36. The Labute approximate surface area is 151 Å². The summed E-state index contributed by atoms with van der Waals surface area (Å²) >= 11 is 0. The highest BCUT2D eigenvalue weighted by Crippen LogP contribution is 2.22. The molecule has 5 nitrogen and oxygen atoms in total. The van der Waals surface area contributed by atoms with Gasteiger partial charge in [-0.25, -0.2) is 4.98 Å². The van der Waals surface area contributed by atoms with E-state index in [2.05, 4.69) is 30.7 Å². The molecule has 0 saturated carbocycles. The third-order valence-corrected chi connectivity index (χ3v) is 4.72. The van der Waals surface area contributed by atoms with Crippen LogP contribution in [0.2, 0.25) is 0 Å². The Morgan fingerprint density at radius 3 is 2.72 bits per heavy atom. The number of nitrogens with zero attached hydrogens (tertiary/aromatic N) is 3. The Morgan fingerprint density at radius 2 is 2.12 bits per heavy atom. The second kappa shape index (κ2) is 8.97. The van der Waals surface area contributed by atoms with Crippen molar-refractivity contribution in [1.29, 1.82) is 0 Å². The van der Waals surface area contributed by atoms with Crippen LogP contribution in [-0.2, 0) is 4.79 Å². The molecule has 1 aliphatic heterocycles. The molecule has 1 fully saturated rings. The van der Waals surface area contributed by atoms with E-state index in [0.717, 1.165) is 38.2 Å². The molecule has 1 amide bonds. The molecule has 0 unspecified atom stereocenters. The van der Waals surface area contributed by atoms with Crippen molar-refractivity contribution in [3.05, 3.63) is 23.9 Å². The van der Waals surface area contributed by atoms with Crippen LogP contribution in [-0.4, -0.2) is 48.3 Å². The van der Waals surface area contributed by atoms with Crippen molar-refractivity contribution in [3.8, 4) is 0 Å². The van der Waals surface area contributed by atoms with Gasteiger partial charge in [-0.1, -0.05) is 20.8 Å². The van der Waals surface area contributed by atoms with Crippen LogP contribution < -0.4 is 4.90 Å². The highest BCUT2D eigenvalue weighted by Gasteiger charge is 2.29. The summed E-state index contributed by atoms with van der Waals surface area (Å²) in [6.45, 7) is 8.45. The van der Waals surface area contributed by atoms with Gasteiger partial charge in [-0.05, 0) is 37.3 Å². The van der Waals surface area contributed by atoms with Crippen molar-refractivity contribution in [3.63, 3.8) is 0 Å². The number of anilines is 1. The van der Waals surface area contributed by atoms with E-state index < -0.39 is 0 Å². The molecule has 2 heterocycles. The summed E-state index contributed by atoms with van der Waals surface area (Å²) in [6, 6.07) is 3.74. The lowest BCUT2D eigenvalue weighted by atomic mass is 9.89. The fourth-order valence-electron chi connectivity index (χ4n) is 3.36. The standard InChI is InChI=1S/C20H31N3O2/c1-5-10-22(4)19-9-8-16(13-21-19)20(25)23-11-6-7-17(14-23)18(24)12-15(2)3/h8-9,13,15,17H,5-7,10-12,14H2,1-4H3/t17-/m0/s1. The predicted octanol–water partition coefficient (Wildman–Crippen LogP) is 3.40. The number of amides is 1. The van der Waals surface area contributed by atoms with Crippen LogP contribution in [0.5, 0.6) is 0 Å². The summed E-state index contributed by atoms with van der Waals surface area (Å²) in [6.07, 6.45) is 5.11. The number of Topliss-reactive ketones (excluding diaryl/α,β-unsaturated/α-hetero) is 1. The molecule has 25 heavy (non-hydrogen) atoms. The second-order valence-electron chi connectivity index (χ2n) is 7.48. The smallest absolute Gasteiger partial charge is 0.255 e. The number of piperidine rings is 1. The average molecular weight is 345 g/mol. The van der Waals surface area contributed by atoms with E-state index in [1.54, 1.807) is 6.20 Å². The first-order valence-corrected chi connectivity index (χ1v) is 9.41. The molecule has 1 saturated heterocycles. The molecule has 0 aromatic carbocycles. The molecule has 2 rings (SSSR count). The van der Waals surface area contributed by atoms with E-state index >= 15 is 0 Å². The van der Waals surface area contributed by atoms with Crippen LogP contribution in [0.15, 0.2) is 18.3 Å². The Morgan fingerprint density at radius 1 is 1.36 bits per heavy atom. The normalized spacial score (nSPS) is 17.6. The van der Waals surface area contributed by atoms with Crippen LogP contribution in [0.3, 0.4) is 0 Å². The molecule has 1 aromatic rings. The third-order valence-electron chi connectivity index (χ3n) is 4.72. The van der Waals surface area contributed by atoms with Gasteiger partial charge in [-0.3, -0.25) is 9.59 Å². The van der Waals surface area contributed by atoms with E-state index in [1.165, 1.54) is 0 Å². The number of carbonyl (C=O) groups is 2. The third kappa shape index (κ3) is 5.28. The highest BCUT2D eigenvalue weighted by molar-refractivity contribution is 5.94. The first-order valence-electron chi connectivity index (χ1n) is 9.41. The monoisotopic (exact) mass is 345 g/mol. The zero-order valence-electron chi connectivity index (χ0n) is 16.0. The van der Waals surface area contributed by atoms with Crippen molar-refractivity contribution < 1.29 is 9.59 Å². The Bertz CT molecular complexity index is 583. The fraction of sp³-hybridized carbons (Fsp3) is 0.650. The molecule has 0 spiro atoms. The summed E-state index contributed by atoms with van der Waals surface area (Å²) in [5, 5.41) is 0. The zero-order chi connectivity index (χ0) is 18.4. The van der Waals surface area contributed by atoms with Crippen molar-refractivity contribution >= 4 is 17.5 Å². The van der Waals surface area contributed by atoms with Gasteiger partial charge in [0.2, 0.25) is 0 Å². The summed E-state index contributed by atoms with van der Waals surface area (Å²) in [7, 11) is 2.00. The van der Waals surface area contributed by atoms with Crippen LogP contribution in [0.1, 0.15) is 56.8 Å². The van der Waals surface area contributed by atoms with Gasteiger partial charge in [-0.2, -0.15) is 0 Å². The van der Waals surface area contributed by atoms with E-state index in [4.69, 9.17) is 0 Å². The van der Waals surface area contributed by atoms with Gasteiger partial charge in [-0.15, -0.1) is 0 Å². The van der Waals surface area contributed by atoms with Crippen molar-refractivity contribution in [2.75, 3.05) is 31.6 Å². The van der Waals surface area contributed by atoms with Gasteiger partial charge in [0.1, 0.15) is 11.6 Å². The van der Waals surface area contributed by atoms with E-state index in [-0.39, 0.29) is 11.8 Å². The number of hydrogen-bond acceptors (Lipinski definition) is 4. The number of pyridine rings is 1. The molecule has 5 heteroatoms. The first kappa shape index (κ1) is 19.4. The SMILES string of the molecule is CCCN(C)c1ccc(C(=O)N2CCC[C@H](C(=O)CC(C)C)C2)cn1. The minimum atomic E-state index is -0.0146. The predicted molar refractivity (Wildman–Crippen MR) is 101 cm³/mol. The molecule has 1 aromatic heterocycles. The largest absolute Gasteiger partial charge is 0.360 e. The summed E-state index contributed by atoms with van der Waals surface area (Å²) in [5.74, 6) is 1.52. The lowest BCUT2D eigenvalue weighted by Gasteiger charge is -2.32. The number of likely N-dealkylation sites (tertiary alicyclic amines) is 1. The molecule has 0 bridgehead atoms. The minimum Gasteiger partial charge on any atom is -0.360 e. The van der Waals surface area contributed by atoms with Crippen molar-refractivity contribution in [1.82, 2.24) is 9.88 Å². The Balaban J connectivity index is 2.00. The second-order valence-corrected chi connectivity index (χ2v) is 7.48. The molecule has 1 aliphatic rings. The molecule has 0 radical (unpaired) electrons. The number of ketones is 1. The number of carbonyl (C=O) groups excluding carboxylic acids is 2. The lowest BCUT2D eigenvalue weighted by molar-refractivity contribution is -0.124. The molecule has 1 atom stereocenters. The van der Waals surface area contributed by atoms with Crippen LogP contribution in [0.4, 0.5) is 5.82 Å². The molecular weight excluding hydrogens is 314 g/mol. The number of rotatable bonds is 7.